The Morgan fingerprint density at radius 1 is 0.579 bits per heavy atom. The summed E-state index contributed by atoms with van der Waals surface area (Å²) in [4.78, 5) is 16.1. The number of hydrogen-bond acceptors (Lipinski definition) is 4. The molecule has 0 unspecified atom stereocenters. The summed E-state index contributed by atoms with van der Waals surface area (Å²) >= 11 is 1.74. The first kappa shape index (κ1) is 21.2. The molecule has 4 heterocycles. The Hall–Kier alpha value is -4.87. The molecule has 0 atom stereocenters. The molecule has 0 aliphatic rings. The van der Waals surface area contributed by atoms with Crippen LogP contribution in [0.15, 0.2) is 121 Å². The monoisotopic (exact) mass is 504 g/mol. The lowest BCUT2D eigenvalue weighted by Gasteiger charge is -2.12. The van der Waals surface area contributed by atoms with Crippen LogP contribution < -0.4 is 0 Å². The molecule has 5 heteroatoms. The van der Waals surface area contributed by atoms with Crippen molar-refractivity contribution in [2.24, 2.45) is 0 Å². The van der Waals surface area contributed by atoms with Crippen molar-refractivity contribution in [3.8, 4) is 28.5 Å². The summed E-state index contributed by atoms with van der Waals surface area (Å²) < 4.78 is 3.49. The number of nitrogens with zero attached hydrogens (tertiary/aromatic N) is 4. The van der Waals surface area contributed by atoms with E-state index in [9.17, 15) is 0 Å². The predicted octanol–water partition coefficient (Wildman–Crippen LogP) is 8.67. The summed E-state index contributed by atoms with van der Waals surface area (Å²) in [7, 11) is 0. The lowest BCUT2D eigenvalue weighted by atomic mass is 10.1. The smallest absolute Gasteiger partial charge is 0.162 e. The average molecular weight is 505 g/mol. The molecule has 0 N–H and O–H groups in total. The van der Waals surface area contributed by atoms with E-state index in [1.54, 1.807) is 11.3 Å². The van der Waals surface area contributed by atoms with E-state index in [1.165, 1.54) is 26.2 Å². The van der Waals surface area contributed by atoms with Crippen LogP contribution in [0.1, 0.15) is 0 Å². The first-order valence-electron chi connectivity index (χ1n) is 12.5. The largest absolute Gasteiger partial charge is 0.292 e. The van der Waals surface area contributed by atoms with Crippen LogP contribution in [0.5, 0.6) is 0 Å². The molecular formula is C33H20N4S. The quantitative estimate of drug-likeness (QED) is 0.242. The van der Waals surface area contributed by atoms with Crippen LogP contribution in [0.2, 0.25) is 0 Å². The SMILES string of the molecule is c1ccc(-c2cc(-n3c4ccccc4c4c5c(ncc43)sc3ccccc35)nc(-c3ccccc3)n2)cc1. The second-order valence-electron chi connectivity index (χ2n) is 9.32. The van der Waals surface area contributed by atoms with E-state index >= 15 is 0 Å². The van der Waals surface area contributed by atoms with Gasteiger partial charge in [0.2, 0.25) is 0 Å². The van der Waals surface area contributed by atoms with Gasteiger partial charge in [-0.2, -0.15) is 0 Å². The number of thiophene rings is 1. The first-order chi connectivity index (χ1) is 18.8. The molecule has 0 spiro atoms. The van der Waals surface area contributed by atoms with Crippen molar-refractivity contribution < 1.29 is 0 Å². The van der Waals surface area contributed by atoms with Gasteiger partial charge in [-0.05, 0) is 12.1 Å². The van der Waals surface area contributed by atoms with Gasteiger partial charge in [0.25, 0.3) is 0 Å². The Balaban J connectivity index is 1.51. The van der Waals surface area contributed by atoms with Crippen LogP contribution >= 0.6 is 11.3 Å². The molecule has 0 fully saturated rings. The summed E-state index contributed by atoms with van der Waals surface area (Å²) in [6.45, 7) is 0. The highest BCUT2D eigenvalue weighted by atomic mass is 32.1. The van der Waals surface area contributed by atoms with Crippen LogP contribution in [-0.4, -0.2) is 19.5 Å². The van der Waals surface area contributed by atoms with Crippen molar-refractivity contribution in [2.45, 2.75) is 0 Å². The highest BCUT2D eigenvalue weighted by Gasteiger charge is 2.20. The third-order valence-electron chi connectivity index (χ3n) is 7.09. The number of pyridine rings is 1. The van der Waals surface area contributed by atoms with Crippen molar-refractivity contribution in [3.63, 3.8) is 0 Å². The Kier molecular flexibility index (Phi) is 4.66. The zero-order chi connectivity index (χ0) is 25.1. The molecule has 0 amide bonds. The third-order valence-corrected chi connectivity index (χ3v) is 8.16. The van der Waals surface area contributed by atoms with Gasteiger partial charge in [0.05, 0.1) is 22.9 Å². The predicted molar refractivity (Wildman–Crippen MR) is 158 cm³/mol. The lowest BCUT2D eigenvalue weighted by molar-refractivity contribution is 1.04. The van der Waals surface area contributed by atoms with Gasteiger partial charge in [-0.15, -0.1) is 11.3 Å². The molecule has 0 aliphatic carbocycles. The molecule has 0 aliphatic heterocycles. The number of hydrogen-bond donors (Lipinski definition) is 0. The van der Waals surface area contributed by atoms with E-state index in [0.29, 0.717) is 5.82 Å². The summed E-state index contributed by atoms with van der Waals surface area (Å²) in [5.74, 6) is 1.52. The van der Waals surface area contributed by atoms with Crippen LogP contribution in [0, 0.1) is 0 Å². The fourth-order valence-corrected chi connectivity index (χ4v) is 6.45. The fourth-order valence-electron chi connectivity index (χ4n) is 5.40. The maximum absolute atomic E-state index is 5.13. The number of rotatable bonds is 3. The van der Waals surface area contributed by atoms with Crippen molar-refractivity contribution >= 4 is 53.4 Å². The molecule has 4 aromatic heterocycles. The van der Waals surface area contributed by atoms with Crippen molar-refractivity contribution in [2.75, 3.05) is 0 Å². The number of aromatic nitrogens is 4. The van der Waals surface area contributed by atoms with E-state index in [-0.39, 0.29) is 0 Å². The lowest BCUT2D eigenvalue weighted by Crippen LogP contribution is -2.02. The van der Waals surface area contributed by atoms with Crippen LogP contribution in [0.4, 0.5) is 0 Å². The summed E-state index contributed by atoms with van der Waals surface area (Å²) in [6.07, 6.45) is 2.00. The highest BCUT2D eigenvalue weighted by molar-refractivity contribution is 7.25. The van der Waals surface area contributed by atoms with Crippen LogP contribution in [0.25, 0.3) is 70.6 Å². The Morgan fingerprint density at radius 2 is 1.26 bits per heavy atom. The molecule has 4 nitrogen and oxygen atoms in total. The Labute approximate surface area is 222 Å². The van der Waals surface area contributed by atoms with Gasteiger partial charge in [-0.3, -0.25) is 4.57 Å². The minimum Gasteiger partial charge on any atom is -0.292 e. The topological polar surface area (TPSA) is 43.6 Å². The minimum atomic E-state index is 0.697. The van der Waals surface area contributed by atoms with Gasteiger partial charge in [0.1, 0.15) is 10.6 Å². The molecule has 0 bridgehead atoms. The molecule has 8 aromatic rings. The summed E-state index contributed by atoms with van der Waals surface area (Å²) in [5.41, 5.74) is 5.06. The molecule has 178 valence electrons. The van der Waals surface area contributed by atoms with Crippen LogP contribution in [-0.2, 0) is 0 Å². The molecule has 0 radical (unpaired) electrons. The third kappa shape index (κ3) is 3.19. The van der Waals surface area contributed by atoms with Gasteiger partial charge in [-0.25, -0.2) is 15.0 Å². The highest BCUT2D eigenvalue weighted by Crippen LogP contribution is 2.42. The van der Waals surface area contributed by atoms with E-state index in [4.69, 9.17) is 15.0 Å². The number of fused-ring (bicyclic) bond motifs is 7. The number of benzene rings is 4. The van der Waals surface area contributed by atoms with E-state index in [2.05, 4.69) is 83.4 Å². The summed E-state index contributed by atoms with van der Waals surface area (Å²) in [6, 6.07) is 39.7. The van der Waals surface area contributed by atoms with Gasteiger partial charge >= 0.3 is 0 Å². The van der Waals surface area contributed by atoms with E-state index in [0.717, 1.165) is 38.5 Å². The standard InChI is InChI=1S/C33H20N4S/c1-3-11-21(12-4-1)25-19-29(36-32(35-25)22-13-5-2-6-14-22)37-26-17-9-7-15-23(26)30-27(37)20-34-33-31(30)24-16-8-10-18-28(24)38-33/h1-20H. The Morgan fingerprint density at radius 3 is 2.08 bits per heavy atom. The molecular weight excluding hydrogens is 484 g/mol. The second kappa shape index (κ2) is 8.33. The Bertz CT molecular complexity index is 2070. The maximum Gasteiger partial charge on any atom is 0.162 e. The normalized spacial score (nSPS) is 11.7. The molecule has 38 heavy (non-hydrogen) atoms. The molecule has 4 aromatic carbocycles. The van der Waals surface area contributed by atoms with Crippen molar-refractivity contribution in [1.29, 1.82) is 0 Å². The maximum atomic E-state index is 5.13. The van der Waals surface area contributed by atoms with Gasteiger partial charge in [0, 0.05) is 43.4 Å². The molecule has 0 saturated carbocycles. The van der Waals surface area contributed by atoms with Gasteiger partial charge in [-0.1, -0.05) is 97.1 Å². The fraction of sp³-hybridized carbons (Fsp3) is 0. The molecule has 0 saturated heterocycles. The average Bonchev–Trinajstić information content (AvgIpc) is 3.53. The first-order valence-corrected chi connectivity index (χ1v) is 13.4. The minimum absolute atomic E-state index is 0.697. The van der Waals surface area contributed by atoms with Crippen LogP contribution in [0.3, 0.4) is 0 Å². The van der Waals surface area contributed by atoms with E-state index in [1.807, 2.05) is 42.6 Å². The summed E-state index contributed by atoms with van der Waals surface area (Å²) in [5, 5.41) is 4.86. The zero-order valence-electron chi connectivity index (χ0n) is 20.2. The zero-order valence-corrected chi connectivity index (χ0v) is 21.1. The molecule has 8 rings (SSSR count). The number of para-hydroxylation sites is 1. The van der Waals surface area contributed by atoms with Gasteiger partial charge < -0.3 is 0 Å². The van der Waals surface area contributed by atoms with Crippen molar-refractivity contribution in [3.05, 3.63) is 121 Å². The van der Waals surface area contributed by atoms with E-state index < -0.39 is 0 Å². The van der Waals surface area contributed by atoms with Gasteiger partial charge in [0.15, 0.2) is 5.82 Å². The van der Waals surface area contributed by atoms with Crippen molar-refractivity contribution in [1.82, 2.24) is 19.5 Å². The second-order valence-corrected chi connectivity index (χ2v) is 10.3.